The van der Waals surface area contributed by atoms with Crippen molar-refractivity contribution < 1.29 is 14.3 Å². The summed E-state index contributed by atoms with van der Waals surface area (Å²) in [5.74, 6) is -0.204. The van der Waals surface area contributed by atoms with E-state index in [4.69, 9.17) is 9.47 Å². The van der Waals surface area contributed by atoms with Gasteiger partial charge in [0.2, 0.25) is 0 Å². The number of ether oxygens (including phenoxy) is 2. The molecule has 1 fully saturated rings. The second-order valence-corrected chi connectivity index (χ2v) is 3.16. The van der Waals surface area contributed by atoms with Crippen LogP contribution in [0.4, 0.5) is 0 Å². The van der Waals surface area contributed by atoms with Gasteiger partial charge < -0.3 is 9.47 Å². The van der Waals surface area contributed by atoms with Crippen molar-refractivity contribution in [1.82, 2.24) is 0 Å². The first kappa shape index (κ1) is 9.52. The highest BCUT2D eigenvalue weighted by molar-refractivity contribution is 5.66. The van der Waals surface area contributed by atoms with E-state index in [9.17, 15) is 4.79 Å². The Bertz CT molecular complexity index is 137. The molecule has 70 valence electrons. The minimum atomic E-state index is -0.204. The number of carbonyl (C=O) groups is 1. The highest BCUT2D eigenvalue weighted by atomic mass is 16.6. The average Bonchev–Trinajstić information content (AvgIpc) is 1.93. The molecule has 1 saturated heterocycles. The molecule has 0 aromatic rings. The van der Waals surface area contributed by atoms with Crippen LogP contribution < -0.4 is 0 Å². The van der Waals surface area contributed by atoms with Crippen LogP contribution in [-0.2, 0) is 14.3 Å². The fourth-order valence-electron chi connectivity index (χ4n) is 1.38. The summed E-state index contributed by atoms with van der Waals surface area (Å²) in [6, 6.07) is 0. The summed E-state index contributed by atoms with van der Waals surface area (Å²) >= 11 is 0. The SMILES string of the molecule is CC(=O)O[C@H]1CCCCCOC1. The van der Waals surface area contributed by atoms with Gasteiger partial charge in [0.05, 0.1) is 6.61 Å². The molecule has 0 radical (unpaired) electrons. The van der Waals surface area contributed by atoms with Gasteiger partial charge in [0.1, 0.15) is 6.10 Å². The van der Waals surface area contributed by atoms with Crippen LogP contribution >= 0.6 is 0 Å². The van der Waals surface area contributed by atoms with Crippen LogP contribution in [0, 0.1) is 0 Å². The largest absolute Gasteiger partial charge is 0.460 e. The number of esters is 1. The van der Waals surface area contributed by atoms with E-state index in [1.54, 1.807) is 0 Å². The average molecular weight is 172 g/mol. The molecule has 0 amide bonds. The van der Waals surface area contributed by atoms with Gasteiger partial charge in [0, 0.05) is 13.5 Å². The Morgan fingerprint density at radius 1 is 1.42 bits per heavy atom. The molecule has 0 N–H and O–H groups in total. The third-order valence-corrected chi connectivity index (χ3v) is 1.95. The van der Waals surface area contributed by atoms with Gasteiger partial charge in [0.25, 0.3) is 0 Å². The van der Waals surface area contributed by atoms with Crippen molar-refractivity contribution in [1.29, 1.82) is 0 Å². The molecule has 1 rings (SSSR count). The van der Waals surface area contributed by atoms with E-state index in [0.717, 1.165) is 25.9 Å². The molecule has 12 heavy (non-hydrogen) atoms. The molecule has 0 aliphatic carbocycles. The molecule has 0 unspecified atom stereocenters. The molecule has 0 aromatic carbocycles. The van der Waals surface area contributed by atoms with E-state index < -0.39 is 0 Å². The van der Waals surface area contributed by atoms with E-state index in [1.807, 2.05) is 0 Å². The number of hydrogen-bond donors (Lipinski definition) is 0. The van der Waals surface area contributed by atoms with Gasteiger partial charge in [-0.3, -0.25) is 4.79 Å². The van der Waals surface area contributed by atoms with Crippen LogP contribution in [0.5, 0.6) is 0 Å². The van der Waals surface area contributed by atoms with Crippen molar-refractivity contribution in [3.05, 3.63) is 0 Å². The van der Waals surface area contributed by atoms with E-state index in [-0.39, 0.29) is 12.1 Å². The fraction of sp³-hybridized carbons (Fsp3) is 0.889. The van der Waals surface area contributed by atoms with Crippen LogP contribution in [0.2, 0.25) is 0 Å². The molecular formula is C9H16O3. The topological polar surface area (TPSA) is 35.5 Å². The predicted molar refractivity (Wildman–Crippen MR) is 44.8 cm³/mol. The summed E-state index contributed by atoms with van der Waals surface area (Å²) in [6.45, 7) is 2.82. The van der Waals surface area contributed by atoms with Gasteiger partial charge >= 0.3 is 5.97 Å². The molecule has 1 aliphatic rings. The summed E-state index contributed by atoms with van der Waals surface area (Å²) in [6.07, 6.45) is 4.38. The summed E-state index contributed by atoms with van der Waals surface area (Å²) in [7, 11) is 0. The normalized spacial score (nSPS) is 25.6. The van der Waals surface area contributed by atoms with Gasteiger partial charge in [-0.1, -0.05) is 6.42 Å². The van der Waals surface area contributed by atoms with E-state index in [0.29, 0.717) is 6.61 Å². The Labute approximate surface area is 73.0 Å². The van der Waals surface area contributed by atoms with Gasteiger partial charge in [0.15, 0.2) is 0 Å². The smallest absolute Gasteiger partial charge is 0.302 e. The summed E-state index contributed by atoms with van der Waals surface area (Å²) in [5.41, 5.74) is 0. The number of hydrogen-bond acceptors (Lipinski definition) is 3. The first-order chi connectivity index (χ1) is 5.79. The van der Waals surface area contributed by atoms with Gasteiger partial charge in [-0.05, 0) is 19.3 Å². The third kappa shape index (κ3) is 3.72. The van der Waals surface area contributed by atoms with Gasteiger partial charge in [-0.2, -0.15) is 0 Å². The maximum absolute atomic E-state index is 10.6. The lowest BCUT2D eigenvalue weighted by Crippen LogP contribution is -2.24. The summed E-state index contributed by atoms with van der Waals surface area (Å²) < 4.78 is 10.4. The van der Waals surface area contributed by atoms with E-state index >= 15 is 0 Å². The van der Waals surface area contributed by atoms with Crippen molar-refractivity contribution in [3.63, 3.8) is 0 Å². The fourth-order valence-corrected chi connectivity index (χ4v) is 1.38. The molecule has 1 heterocycles. The number of rotatable bonds is 1. The highest BCUT2D eigenvalue weighted by Crippen LogP contribution is 2.11. The Balaban J connectivity index is 2.24. The monoisotopic (exact) mass is 172 g/mol. The molecule has 1 aliphatic heterocycles. The number of carbonyl (C=O) groups excluding carboxylic acids is 1. The van der Waals surface area contributed by atoms with Crippen LogP contribution in [0.25, 0.3) is 0 Å². The molecular weight excluding hydrogens is 156 g/mol. The zero-order valence-electron chi connectivity index (χ0n) is 7.54. The maximum Gasteiger partial charge on any atom is 0.302 e. The van der Waals surface area contributed by atoms with Crippen molar-refractivity contribution in [2.45, 2.75) is 38.7 Å². The first-order valence-electron chi connectivity index (χ1n) is 4.54. The van der Waals surface area contributed by atoms with Crippen LogP contribution in [0.3, 0.4) is 0 Å². The van der Waals surface area contributed by atoms with E-state index in [1.165, 1.54) is 13.3 Å². The van der Waals surface area contributed by atoms with Crippen LogP contribution in [0.15, 0.2) is 0 Å². The quantitative estimate of drug-likeness (QED) is 0.562. The Morgan fingerprint density at radius 2 is 2.25 bits per heavy atom. The zero-order valence-corrected chi connectivity index (χ0v) is 7.54. The minimum absolute atomic E-state index is 0.0113. The van der Waals surface area contributed by atoms with Crippen LogP contribution in [0.1, 0.15) is 32.6 Å². The summed E-state index contributed by atoms with van der Waals surface area (Å²) in [4.78, 5) is 10.6. The Morgan fingerprint density at radius 3 is 3.00 bits per heavy atom. The second kappa shape index (κ2) is 5.14. The molecule has 3 nitrogen and oxygen atoms in total. The van der Waals surface area contributed by atoms with Crippen molar-refractivity contribution in [2.75, 3.05) is 13.2 Å². The summed E-state index contributed by atoms with van der Waals surface area (Å²) in [5, 5.41) is 0. The minimum Gasteiger partial charge on any atom is -0.460 e. The lowest BCUT2D eigenvalue weighted by atomic mass is 10.1. The molecule has 0 aromatic heterocycles. The van der Waals surface area contributed by atoms with Crippen molar-refractivity contribution >= 4 is 5.97 Å². The molecule has 3 heteroatoms. The predicted octanol–water partition coefficient (Wildman–Crippen LogP) is 1.51. The highest BCUT2D eigenvalue weighted by Gasteiger charge is 2.13. The van der Waals surface area contributed by atoms with Crippen molar-refractivity contribution in [3.8, 4) is 0 Å². The second-order valence-electron chi connectivity index (χ2n) is 3.16. The maximum atomic E-state index is 10.6. The molecule has 1 atom stereocenters. The first-order valence-corrected chi connectivity index (χ1v) is 4.54. The third-order valence-electron chi connectivity index (χ3n) is 1.95. The Hall–Kier alpha value is -0.570. The Kier molecular flexibility index (Phi) is 4.08. The molecule has 0 spiro atoms. The van der Waals surface area contributed by atoms with E-state index in [2.05, 4.69) is 0 Å². The zero-order chi connectivity index (χ0) is 8.81. The molecule has 0 bridgehead atoms. The van der Waals surface area contributed by atoms with Crippen LogP contribution in [-0.4, -0.2) is 25.3 Å². The molecule has 0 saturated carbocycles. The standard InChI is InChI=1S/C9H16O3/c1-8(10)12-9-5-3-2-4-6-11-7-9/h9H,2-7H2,1H3/t9-/m0/s1. The van der Waals surface area contributed by atoms with Crippen molar-refractivity contribution in [2.24, 2.45) is 0 Å². The lowest BCUT2D eigenvalue weighted by molar-refractivity contribution is -0.150. The van der Waals surface area contributed by atoms with Gasteiger partial charge in [-0.25, -0.2) is 0 Å². The lowest BCUT2D eigenvalue weighted by Gasteiger charge is -2.19. The van der Waals surface area contributed by atoms with Gasteiger partial charge in [-0.15, -0.1) is 0 Å².